The van der Waals surface area contributed by atoms with E-state index in [1.54, 1.807) is 0 Å². The molecule has 0 aliphatic carbocycles. The second-order valence-electron chi connectivity index (χ2n) is 4.63. The van der Waals surface area contributed by atoms with Crippen LogP contribution in [0.3, 0.4) is 0 Å². The van der Waals surface area contributed by atoms with Gasteiger partial charge in [0.2, 0.25) is 10.0 Å². The van der Waals surface area contributed by atoms with Crippen molar-refractivity contribution in [3.8, 4) is 0 Å². The molecule has 1 aromatic rings. The molecule has 0 unspecified atom stereocenters. The number of halogens is 1. The molecule has 0 radical (unpaired) electrons. The monoisotopic (exact) mass is 347 g/mol. The van der Waals surface area contributed by atoms with E-state index in [0.29, 0.717) is 6.54 Å². The minimum absolute atomic E-state index is 0.00768. The summed E-state index contributed by atoms with van der Waals surface area (Å²) < 4.78 is 25.8. The Hall–Kier alpha value is -1.15. The Bertz CT molecular complexity index is 616. The Balaban J connectivity index is 2.83. The van der Waals surface area contributed by atoms with E-state index in [9.17, 15) is 13.2 Å². The summed E-state index contributed by atoms with van der Waals surface area (Å²) in [4.78, 5) is 14.3. The number of carbonyl (C=O) groups is 1. The smallest absolute Gasteiger partial charge is 0.252 e. The van der Waals surface area contributed by atoms with Gasteiger partial charge < -0.3 is 10.2 Å². The van der Waals surface area contributed by atoms with Crippen LogP contribution in [0.2, 0.25) is 5.02 Å². The van der Waals surface area contributed by atoms with Gasteiger partial charge in [0.05, 0.1) is 15.5 Å². The Labute approximate surface area is 136 Å². The highest BCUT2D eigenvalue weighted by Gasteiger charge is 2.17. The fourth-order valence-corrected chi connectivity index (χ4v) is 2.89. The molecule has 0 aliphatic heterocycles. The zero-order valence-electron chi connectivity index (χ0n) is 13.0. The summed E-state index contributed by atoms with van der Waals surface area (Å²) in [5.41, 5.74) is 0.150. The first kappa shape index (κ1) is 18.9. The maximum atomic E-state index is 12.2. The largest absolute Gasteiger partial charge is 0.351 e. The maximum absolute atomic E-state index is 12.2. The van der Waals surface area contributed by atoms with Crippen LogP contribution in [-0.2, 0) is 10.0 Å². The zero-order chi connectivity index (χ0) is 16.8. The zero-order valence-corrected chi connectivity index (χ0v) is 14.6. The van der Waals surface area contributed by atoms with Gasteiger partial charge in [-0.3, -0.25) is 4.79 Å². The predicted molar refractivity (Wildman–Crippen MR) is 87.8 cm³/mol. The second kappa shape index (κ2) is 8.47. The van der Waals surface area contributed by atoms with Gasteiger partial charge in [-0.05, 0) is 38.3 Å². The molecule has 0 bridgehead atoms. The molecule has 0 spiro atoms. The second-order valence-corrected chi connectivity index (χ2v) is 6.93. The van der Waals surface area contributed by atoms with Gasteiger partial charge in [0.15, 0.2) is 0 Å². The highest BCUT2D eigenvalue weighted by molar-refractivity contribution is 7.89. The molecule has 1 rings (SSSR count). The minimum atomic E-state index is -3.61. The predicted octanol–water partition coefficient (Wildman–Crippen LogP) is 1.32. The van der Waals surface area contributed by atoms with Crippen LogP contribution in [0.25, 0.3) is 0 Å². The number of benzene rings is 1. The number of hydrogen-bond acceptors (Lipinski definition) is 4. The van der Waals surface area contributed by atoms with Crippen LogP contribution < -0.4 is 10.0 Å². The summed E-state index contributed by atoms with van der Waals surface area (Å²) in [5, 5.41) is 2.97. The van der Waals surface area contributed by atoms with Crippen LogP contribution in [0.5, 0.6) is 0 Å². The lowest BCUT2D eigenvalue weighted by molar-refractivity contribution is 0.0949. The van der Waals surface area contributed by atoms with E-state index in [1.807, 2.05) is 13.8 Å². The fraction of sp³-hybridized carbons (Fsp3) is 0.500. The van der Waals surface area contributed by atoms with Crippen LogP contribution in [-0.4, -0.2) is 52.5 Å². The summed E-state index contributed by atoms with van der Waals surface area (Å²) in [5.74, 6) is -0.384. The Morgan fingerprint density at radius 1 is 1.27 bits per heavy atom. The van der Waals surface area contributed by atoms with Crippen molar-refractivity contribution in [1.29, 1.82) is 0 Å². The van der Waals surface area contributed by atoms with Gasteiger partial charge in [-0.2, -0.15) is 0 Å². The van der Waals surface area contributed by atoms with Crippen molar-refractivity contribution in [2.24, 2.45) is 0 Å². The summed E-state index contributed by atoms with van der Waals surface area (Å²) >= 11 is 5.99. The Kier molecular flexibility index (Phi) is 7.28. The van der Waals surface area contributed by atoms with Crippen molar-refractivity contribution in [1.82, 2.24) is 14.9 Å². The third kappa shape index (κ3) is 4.95. The average Bonchev–Trinajstić information content (AvgIpc) is 2.51. The quantitative estimate of drug-likeness (QED) is 0.743. The number of hydrogen-bond donors (Lipinski definition) is 2. The van der Waals surface area contributed by atoms with Gasteiger partial charge >= 0.3 is 0 Å². The third-order valence-corrected chi connectivity index (χ3v) is 5.11. The van der Waals surface area contributed by atoms with Crippen molar-refractivity contribution >= 4 is 27.5 Å². The van der Waals surface area contributed by atoms with Crippen molar-refractivity contribution in [3.05, 3.63) is 28.8 Å². The molecule has 2 N–H and O–H groups in total. The summed E-state index contributed by atoms with van der Waals surface area (Å²) in [7, 11) is -2.30. The molecule has 1 amide bonds. The molecular formula is C14H22ClN3O3S. The van der Waals surface area contributed by atoms with Gasteiger partial charge in [0.25, 0.3) is 5.91 Å². The van der Waals surface area contributed by atoms with Crippen molar-refractivity contribution in [2.75, 3.05) is 33.2 Å². The number of nitrogens with one attached hydrogen (secondary N) is 2. The van der Waals surface area contributed by atoms with Gasteiger partial charge in [0, 0.05) is 13.1 Å². The van der Waals surface area contributed by atoms with E-state index in [2.05, 4.69) is 14.9 Å². The number of likely N-dealkylation sites (N-methyl/N-ethyl adjacent to an activating group) is 1. The molecule has 22 heavy (non-hydrogen) atoms. The summed E-state index contributed by atoms with van der Waals surface area (Å²) in [6.07, 6.45) is 0. The molecule has 0 atom stereocenters. The van der Waals surface area contributed by atoms with Gasteiger partial charge in [-0.1, -0.05) is 25.4 Å². The molecule has 0 heterocycles. The van der Waals surface area contributed by atoms with E-state index in [-0.39, 0.29) is 21.4 Å². The highest BCUT2D eigenvalue weighted by atomic mass is 35.5. The molecule has 1 aromatic carbocycles. The van der Waals surface area contributed by atoms with Crippen LogP contribution in [0.4, 0.5) is 0 Å². The summed E-state index contributed by atoms with van der Waals surface area (Å²) in [6, 6.07) is 4.05. The number of carbonyl (C=O) groups excluding carboxylic acids is 1. The normalized spacial score (nSPS) is 11.7. The molecule has 0 saturated heterocycles. The molecule has 8 heteroatoms. The lowest BCUT2D eigenvalue weighted by Gasteiger charge is -2.18. The standard InChI is InChI=1S/C14H22ClN3O3S/c1-4-18(5-2)9-8-17-14(19)12-10-11(6-7-13(12)15)22(20,21)16-3/h6-7,10,16H,4-5,8-9H2,1-3H3,(H,17,19). The van der Waals surface area contributed by atoms with Crippen LogP contribution in [0.15, 0.2) is 23.1 Å². The number of amides is 1. The van der Waals surface area contributed by atoms with E-state index < -0.39 is 10.0 Å². The van der Waals surface area contributed by atoms with Crippen molar-refractivity contribution < 1.29 is 13.2 Å². The number of nitrogens with zero attached hydrogens (tertiary/aromatic N) is 1. The van der Waals surface area contributed by atoms with Gasteiger partial charge in [0.1, 0.15) is 0 Å². The van der Waals surface area contributed by atoms with E-state index >= 15 is 0 Å². The maximum Gasteiger partial charge on any atom is 0.252 e. The van der Waals surface area contributed by atoms with Gasteiger partial charge in [-0.25, -0.2) is 13.1 Å². The first-order chi connectivity index (χ1) is 10.4. The summed E-state index contributed by atoms with van der Waals surface area (Å²) in [6.45, 7) is 7.11. The van der Waals surface area contributed by atoms with Crippen molar-refractivity contribution in [3.63, 3.8) is 0 Å². The van der Waals surface area contributed by atoms with Gasteiger partial charge in [-0.15, -0.1) is 0 Å². The number of rotatable bonds is 8. The Morgan fingerprint density at radius 2 is 1.91 bits per heavy atom. The molecule has 0 saturated carbocycles. The third-order valence-electron chi connectivity index (χ3n) is 3.37. The average molecular weight is 348 g/mol. The molecular weight excluding hydrogens is 326 g/mol. The van der Waals surface area contributed by atoms with Crippen molar-refractivity contribution in [2.45, 2.75) is 18.7 Å². The van der Waals surface area contributed by atoms with Crippen LogP contribution in [0.1, 0.15) is 24.2 Å². The molecule has 0 aromatic heterocycles. The van der Waals surface area contributed by atoms with E-state index in [0.717, 1.165) is 19.6 Å². The minimum Gasteiger partial charge on any atom is -0.351 e. The molecule has 6 nitrogen and oxygen atoms in total. The first-order valence-corrected chi connectivity index (χ1v) is 8.95. The Morgan fingerprint density at radius 3 is 2.45 bits per heavy atom. The highest BCUT2D eigenvalue weighted by Crippen LogP contribution is 2.20. The molecule has 124 valence electrons. The van der Waals surface area contributed by atoms with E-state index in [4.69, 9.17) is 11.6 Å². The lowest BCUT2D eigenvalue weighted by Crippen LogP contribution is -2.35. The fourth-order valence-electron chi connectivity index (χ4n) is 1.93. The van der Waals surface area contributed by atoms with Crippen LogP contribution in [0, 0.1) is 0 Å². The van der Waals surface area contributed by atoms with E-state index in [1.165, 1.54) is 25.2 Å². The SMILES string of the molecule is CCN(CC)CCNC(=O)c1cc(S(=O)(=O)NC)ccc1Cl. The molecule has 0 fully saturated rings. The first-order valence-electron chi connectivity index (χ1n) is 7.09. The number of sulfonamides is 1. The lowest BCUT2D eigenvalue weighted by atomic mass is 10.2. The molecule has 0 aliphatic rings. The van der Waals surface area contributed by atoms with Crippen LogP contribution >= 0.6 is 11.6 Å². The topological polar surface area (TPSA) is 78.5 Å².